The van der Waals surface area contributed by atoms with Crippen molar-refractivity contribution < 1.29 is 23.6 Å². The molecule has 0 aliphatic rings. The van der Waals surface area contributed by atoms with Gasteiger partial charge in [0.15, 0.2) is 0 Å². The third-order valence-electron chi connectivity index (χ3n) is 2.02. The summed E-state index contributed by atoms with van der Waals surface area (Å²) < 4.78 is 26.6. The van der Waals surface area contributed by atoms with Crippen LogP contribution in [0.25, 0.3) is 0 Å². The molecule has 1 rings (SSSR count). The number of nitro groups is 1. The molecule has 0 fully saturated rings. The van der Waals surface area contributed by atoms with E-state index in [1.54, 1.807) is 0 Å². The Labute approximate surface area is 100 Å². The highest BCUT2D eigenvalue weighted by molar-refractivity contribution is 5.95. The molecule has 0 heterocycles. The van der Waals surface area contributed by atoms with Gasteiger partial charge in [-0.2, -0.15) is 4.39 Å². The molecule has 2 N–H and O–H groups in total. The molecule has 8 heteroatoms. The highest BCUT2D eigenvalue weighted by atomic mass is 19.1. The Morgan fingerprint density at radius 1 is 1.56 bits per heavy atom. The molecular weight excluding hydrogens is 250 g/mol. The van der Waals surface area contributed by atoms with Crippen molar-refractivity contribution in [3.05, 3.63) is 39.4 Å². The van der Waals surface area contributed by atoms with Crippen LogP contribution < -0.4 is 5.32 Å². The van der Waals surface area contributed by atoms with Gasteiger partial charge in [0, 0.05) is 6.54 Å². The van der Waals surface area contributed by atoms with Gasteiger partial charge in [-0.3, -0.25) is 14.9 Å². The lowest BCUT2D eigenvalue weighted by Crippen LogP contribution is -2.31. The smallest absolute Gasteiger partial charge is 0.308 e. The minimum Gasteiger partial charge on any atom is -0.392 e. The Kier molecular flexibility index (Phi) is 4.27. The van der Waals surface area contributed by atoms with E-state index >= 15 is 0 Å². The summed E-state index contributed by atoms with van der Waals surface area (Å²) in [5, 5.41) is 21.5. The van der Waals surface area contributed by atoms with E-state index in [0.717, 1.165) is 0 Å². The summed E-state index contributed by atoms with van der Waals surface area (Å²) in [6.45, 7) is 1.20. The van der Waals surface area contributed by atoms with Crippen LogP contribution in [0, 0.1) is 21.7 Å². The molecule has 1 amide bonds. The van der Waals surface area contributed by atoms with Crippen LogP contribution in [-0.4, -0.2) is 28.6 Å². The lowest BCUT2D eigenvalue weighted by atomic mass is 10.1. The lowest BCUT2D eigenvalue weighted by Gasteiger charge is -2.08. The summed E-state index contributed by atoms with van der Waals surface area (Å²) in [6.07, 6.45) is -0.874. The van der Waals surface area contributed by atoms with Crippen LogP contribution in [0.4, 0.5) is 14.5 Å². The van der Waals surface area contributed by atoms with Crippen LogP contribution in [0.15, 0.2) is 12.1 Å². The molecule has 1 aromatic carbocycles. The molecule has 1 aromatic rings. The number of aliphatic hydroxyl groups excluding tert-OH is 1. The van der Waals surface area contributed by atoms with Gasteiger partial charge < -0.3 is 10.4 Å². The fourth-order valence-corrected chi connectivity index (χ4v) is 1.21. The van der Waals surface area contributed by atoms with Gasteiger partial charge in [-0.15, -0.1) is 0 Å². The molecule has 0 saturated heterocycles. The maximum absolute atomic E-state index is 13.5. The average molecular weight is 260 g/mol. The highest BCUT2D eigenvalue weighted by Gasteiger charge is 2.24. The summed E-state index contributed by atoms with van der Waals surface area (Å²) in [6, 6.07) is 0.945. The fraction of sp³-hybridized carbons (Fsp3) is 0.300. The van der Waals surface area contributed by atoms with Crippen LogP contribution in [-0.2, 0) is 0 Å². The highest BCUT2D eigenvalue weighted by Crippen LogP contribution is 2.22. The second kappa shape index (κ2) is 5.50. The number of carbonyl (C=O) groups excluding carboxylic acids is 1. The zero-order valence-corrected chi connectivity index (χ0v) is 9.31. The standard InChI is InChI=1S/C10H10F2N2O4/c1-5(15)4-13-10(16)7-2-6(11)3-8(9(7)12)14(17)18/h2-3,5,15H,4H2,1H3,(H,13,16)/t5-/m1/s1. The van der Waals surface area contributed by atoms with Gasteiger partial charge in [-0.25, -0.2) is 4.39 Å². The van der Waals surface area contributed by atoms with Crippen molar-refractivity contribution in [3.63, 3.8) is 0 Å². The van der Waals surface area contributed by atoms with Crippen LogP contribution in [0.5, 0.6) is 0 Å². The first-order valence-corrected chi connectivity index (χ1v) is 4.92. The number of carbonyl (C=O) groups is 1. The molecule has 98 valence electrons. The number of benzene rings is 1. The van der Waals surface area contributed by atoms with E-state index in [9.17, 15) is 23.7 Å². The van der Waals surface area contributed by atoms with E-state index in [1.165, 1.54) is 6.92 Å². The van der Waals surface area contributed by atoms with Crippen LogP contribution in [0.1, 0.15) is 17.3 Å². The van der Waals surface area contributed by atoms with Gasteiger partial charge >= 0.3 is 5.69 Å². The van der Waals surface area contributed by atoms with Crippen LogP contribution in [0.2, 0.25) is 0 Å². The number of aliphatic hydroxyl groups is 1. The number of hydrogen-bond acceptors (Lipinski definition) is 4. The molecular formula is C10H10F2N2O4. The molecule has 0 radical (unpaired) electrons. The summed E-state index contributed by atoms with van der Waals surface area (Å²) in [7, 11) is 0. The molecule has 0 aliphatic heterocycles. The summed E-state index contributed by atoms with van der Waals surface area (Å²) in [4.78, 5) is 20.8. The van der Waals surface area contributed by atoms with Crippen molar-refractivity contribution in [1.82, 2.24) is 5.32 Å². The van der Waals surface area contributed by atoms with E-state index in [-0.39, 0.29) is 6.54 Å². The van der Waals surface area contributed by atoms with Gasteiger partial charge in [0.25, 0.3) is 5.91 Å². The van der Waals surface area contributed by atoms with Gasteiger partial charge in [0.1, 0.15) is 5.82 Å². The monoisotopic (exact) mass is 260 g/mol. The molecule has 0 aliphatic carbocycles. The van der Waals surface area contributed by atoms with Crippen LogP contribution >= 0.6 is 0 Å². The zero-order chi connectivity index (χ0) is 13.9. The number of nitro benzene ring substituents is 1. The molecule has 18 heavy (non-hydrogen) atoms. The first kappa shape index (κ1) is 14.0. The van der Waals surface area contributed by atoms with Gasteiger partial charge in [-0.05, 0) is 13.0 Å². The van der Waals surface area contributed by atoms with E-state index in [1.807, 2.05) is 0 Å². The SMILES string of the molecule is C[C@@H](O)CNC(=O)c1cc(F)cc([N+](=O)[O-])c1F. The molecule has 0 unspecified atom stereocenters. The van der Waals surface area contributed by atoms with Gasteiger partial charge in [0.2, 0.25) is 5.82 Å². The number of halogens is 2. The second-order valence-corrected chi connectivity index (χ2v) is 3.60. The predicted octanol–water partition coefficient (Wildman–Crippen LogP) is 0.984. The number of nitrogens with one attached hydrogen (secondary N) is 1. The topological polar surface area (TPSA) is 92.5 Å². The van der Waals surface area contributed by atoms with E-state index in [2.05, 4.69) is 5.32 Å². The molecule has 6 nitrogen and oxygen atoms in total. The molecule has 0 bridgehead atoms. The van der Waals surface area contributed by atoms with E-state index in [0.29, 0.717) is 12.1 Å². The zero-order valence-electron chi connectivity index (χ0n) is 9.31. The average Bonchev–Trinajstić information content (AvgIpc) is 2.28. The third-order valence-corrected chi connectivity index (χ3v) is 2.02. The van der Waals surface area contributed by atoms with E-state index in [4.69, 9.17) is 5.11 Å². The van der Waals surface area contributed by atoms with Crippen LogP contribution in [0.3, 0.4) is 0 Å². The Balaban J connectivity index is 3.09. The first-order valence-electron chi connectivity index (χ1n) is 4.92. The summed E-state index contributed by atoms with van der Waals surface area (Å²) in [5.41, 5.74) is -1.89. The number of rotatable bonds is 4. The Morgan fingerprint density at radius 2 is 2.17 bits per heavy atom. The summed E-state index contributed by atoms with van der Waals surface area (Å²) >= 11 is 0. The molecule has 0 spiro atoms. The van der Waals surface area contributed by atoms with Gasteiger partial charge in [-0.1, -0.05) is 0 Å². The molecule has 0 saturated carbocycles. The number of nitrogens with zero attached hydrogens (tertiary/aromatic N) is 1. The maximum Gasteiger partial charge on any atom is 0.308 e. The third kappa shape index (κ3) is 3.20. The minimum absolute atomic E-state index is 0.178. The molecule has 0 aromatic heterocycles. The van der Waals surface area contributed by atoms with Gasteiger partial charge in [0.05, 0.1) is 22.7 Å². The number of amides is 1. The normalized spacial score (nSPS) is 12.0. The second-order valence-electron chi connectivity index (χ2n) is 3.60. The first-order chi connectivity index (χ1) is 8.32. The maximum atomic E-state index is 13.5. The number of hydrogen-bond donors (Lipinski definition) is 2. The predicted molar refractivity (Wildman–Crippen MR) is 57.0 cm³/mol. The Morgan fingerprint density at radius 3 is 2.67 bits per heavy atom. The quantitative estimate of drug-likeness (QED) is 0.623. The van der Waals surface area contributed by atoms with Crippen molar-refractivity contribution in [1.29, 1.82) is 0 Å². The van der Waals surface area contributed by atoms with Crippen molar-refractivity contribution in [2.45, 2.75) is 13.0 Å². The Bertz CT molecular complexity index is 491. The fourth-order valence-electron chi connectivity index (χ4n) is 1.21. The molecule has 1 atom stereocenters. The van der Waals surface area contributed by atoms with Crippen molar-refractivity contribution >= 4 is 11.6 Å². The lowest BCUT2D eigenvalue weighted by molar-refractivity contribution is -0.387. The van der Waals surface area contributed by atoms with Crippen molar-refractivity contribution in [2.24, 2.45) is 0 Å². The Hall–Kier alpha value is -2.09. The minimum atomic E-state index is -1.41. The van der Waals surface area contributed by atoms with Crippen molar-refractivity contribution in [3.8, 4) is 0 Å². The largest absolute Gasteiger partial charge is 0.392 e. The van der Waals surface area contributed by atoms with Crippen molar-refractivity contribution in [2.75, 3.05) is 6.54 Å². The van der Waals surface area contributed by atoms with E-state index < -0.39 is 39.8 Å². The summed E-state index contributed by atoms with van der Waals surface area (Å²) in [5.74, 6) is -3.54.